The van der Waals surface area contributed by atoms with E-state index in [0.29, 0.717) is 24.2 Å². The van der Waals surface area contributed by atoms with Crippen LogP contribution in [0.2, 0.25) is 0 Å². The normalized spacial score (nSPS) is 21.8. The number of ketones is 1. The van der Waals surface area contributed by atoms with Crippen LogP contribution in [0.25, 0.3) is 0 Å². The number of ether oxygens (including phenoxy) is 1. The third kappa shape index (κ3) is 2.48. The van der Waals surface area contributed by atoms with Crippen LogP contribution in [-0.2, 0) is 14.3 Å². The van der Waals surface area contributed by atoms with Gasteiger partial charge in [-0.05, 0) is 18.6 Å². The molecule has 1 amide bonds. The molecule has 0 fully saturated rings. The molecule has 1 aliphatic carbocycles. The van der Waals surface area contributed by atoms with Gasteiger partial charge >= 0.3 is 0 Å². The van der Waals surface area contributed by atoms with E-state index < -0.39 is 0 Å². The Labute approximate surface area is 113 Å². The highest BCUT2D eigenvalue weighted by Gasteiger charge is 2.34. The van der Waals surface area contributed by atoms with Gasteiger partial charge < -0.3 is 10.1 Å². The topological polar surface area (TPSA) is 55.4 Å². The van der Waals surface area contributed by atoms with Crippen molar-refractivity contribution in [1.29, 1.82) is 0 Å². The van der Waals surface area contributed by atoms with Gasteiger partial charge in [0.15, 0.2) is 5.78 Å². The van der Waals surface area contributed by atoms with Gasteiger partial charge in [0, 0.05) is 24.0 Å². The Kier molecular flexibility index (Phi) is 3.35. The van der Waals surface area contributed by atoms with Crippen LogP contribution in [0.15, 0.2) is 34.8 Å². The number of rotatable bonds is 2. The molecule has 19 heavy (non-hydrogen) atoms. The predicted octanol–water partition coefficient (Wildman–Crippen LogP) is 2.24. The maximum atomic E-state index is 11.7. The number of hydrogen-bond acceptors (Lipinski definition) is 3. The second-order valence-electron chi connectivity index (χ2n) is 5.59. The molecule has 0 spiro atoms. The zero-order valence-electron chi connectivity index (χ0n) is 11.8. The van der Waals surface area contributed by atoms with Crippen molar-refractivity contribution in [3.05, 3.63) is 34.8 Å². The van der Waals surface area contributed by atoms with E-state index in [2.05, 4.69) is 5.32 Å². The van der Waals surface area contributed by atoms with Crippen LogP contribution in [0.4, 0.5) is 0 Å². The number of nitrogens with one attached hydrogen (secondary N) is 1. The van der Waals surface area contributed by atoms with Gasteiger partial charge in [-0.25, -0.2) is 0 Å². The Hall–Kier alpha value is -1.84. The van der Waals surface area contributed by atoms with E-state index in [1.165, 1.54) is 6.92 Å². The van der Waals surface area contributed by atoms with E-state index in [1.807, 2.05) is 26.0 Å². The molecule has 4 nitrogen and oxygen atoms in total. The summed E-state index contributed by atoms with van der Waals surface area (Å²) in [5.41, 5.74) is 2.23. The summed E-state index contributed by atoms with van der Waals surface area (Å²) in [5.74, 6) is 0.564. The highest BCUT2D eigenvalue weighted by molar-refractivity contribution is 5.97. The van der Waals surface area contributed by atoms with Crippen molar-refractivity contribution in [2.75, 3.05) is 7.11 Å². The van der Waals surface area contributed by atoms with Crippen molar-refractivity contribution in [1.82, 2.24) is 5.32 Å². The fraction of sp³-hybridized carbons (Fsp3) is 0.467. The molecule has 0 aromatic rings. The van der Waals surface area contributed by atoms with Crippen molar-refractivity contribution in [2.24, 2.45) is 5.41 Å². The third-order valence-electron chi connectivity index (χ3n) is 3.60. The third-order valence-corrected chi connectivity index (χ3v) is 3.60. The van der Waals surface area contributed by atoms with Crippen LogP contribution in [0.5, 0.6) is 0 Å². The summed E-state index contributed by atoms with van der Waals surface area (Å²) in [6.07, 6.45) is 4.69. The lowest BCUT2D eigenvalue weighted by molar-refractivity contribution is -0.122. The molecule has 0 bridgehead atoms. The Balaban J connectivity index is 2.54. The van der Waals surface area contributed by atoms with Gasteiger partial charge in [-0.15, -0.1) is 0 Å². The monoisotopic (exact) mass is 261 g/mol. The van der Waals surface area contributed by atoms with Gasteiger partial charge in [0.25, 0.3) is 0 Å². The number of carbonyl (C=O) groups is 2. The first-order valence-electron chi connectivity index (χ1n) is 6.36. The highest BCUT2D eigenvalue weighted by Crippen LogP contribution is 2.39. The summed E-state index contributed by atoms with van der Waals surface area (Å²) in [5, 5.41) is 2.90. The minimum atomic E-state index is -0.248. The summed E-state index contributed by atoms with van der Waals surface area (Å²) in [6, 6.07) is 0. The van der Waals surface area contributed by atoms with Crippen molar-refractivity contribution in [2.45, 2.75) is 33.6 Å². The molecule has 0 aromatic carbocycles. The first-order valence-corrected chi connectivity index (χ1v) is 6.36. The van der Waals surface area contributed by atoms with Crippen molar-refractivity contribution in [3.63, 3.8) is 0 Å². The van der Waals surface area contributed by atoms with E-state index in [-0.39, 0.29) is 17.1 Å². The molecule has 0 atom stereocenters. The van der Waals surface area contributed by atoms with E-state index in [1.54, 1.807) is 7.11 Å². The number of amides is 1. The zero-order valence-corrected chi connectivity index (χ0v) is 11.8. The van der Waals surface area contributed by atoms with E-state index in [9.17, 15) is 9.59 Å². The molecular weight excluding hydrogens is 242 g/mol. The lowest BCUT2D eigenvalue weighted by atomic mass is 9.77. The summed E-state index contributed by atoms with van der Waals surface area (Å²) in [4.78, 5) is 23.4. The summed E-state index contributed by atoms with van der Waals surface area (Å²) in [7, 11) is 1.56. The van der Waals surface area contributed by atoms with Gasteiger partial charge in [0.1, 0.15) is 5.76 Å². The maximum absolute atomic E-state index is 11.7. The highest BCUT2D eigenvalue weighted by atomic mass is 16.5. The van der Waals surface area contributed by atoms with Crippen LogP contribution in [0.3, 0.4) is 0 Å². The standard InChI is InChI=1S/C15H19NO3/c1-9(17)10-5-6-12-11(7-13(10)19-4)15(2,3)8-14(18)16-12/h5,7H,6,8H2,1-4H3,(H,16,18). The lowest BCUT2D eigenvalue weighted by Gasteiger charge is -2.33. The van der Waals surface area contributed by atoms with Crippen LogP contribution in [-0.4, -0.2) is 18.8 Å². The quantitative estimate of drug-likeness (QED) is 0.829. The molecule has 0 saturated carbocycles. The van der Waals surface area contributed by atoms with Gasteiger partial charge in [0.2, 0.25) is 5.91 Å². The van der Waals surface area contributed by atoms with Gasteiger partial charge in [-0.3, -0.25) is 9.59 Å². The van der Waals surface area contributed by atoms with Crippen LogP contribution >= 0.6 is 0 Å². The second kappa shape index (κ2) is 4.68. The Morgan fingerprint density at radius 3 is 2.68 bits per heavy atom. The fourth-order valence-corrected chi connectivity index (χ4v) is 2.63. The van der Waals surface area contributed by atoms with E-state index >= 15 is 0 Å². The number of methoxy groups -OCH3 is 1. The zero-order chi connectivity index (χ0) is 14.2. The first kappa shape index (κ1) is 13.6. The Bertz CT molecular complexity index is 536. The molecule has 0 aromatic heterocycles. The van der Waals surface area contributed by atoms with Crippen LogP contribution in [0, 0.1) is 5.41 Å². The maximum Gasteiger partial charge on any atom is 0.225 e. The molecule has 0 saturated heterocycles. The molecule has 102 valence electrons. The van der Waals surface area contributed by atoms with Crippen molar-refractivity contribution >= 4 is 11.7 Å². The molecule has 0 unspecified atom stereocenters. The number of allylic oxidation sites excluding steroid dienone is 4. The number of carbonyl (C=O) groups excluding carboxylic acids is 2. The molecule has 0 radical (unpaired) electrons. The van der Waals surface area contributed by atoms with Gasteiger partial charge in [0.05, 0.1) is 12.7 Å². The fourth-order valence-electron chi connectivity index (χ4n) is 2.63. The molecule has 1 heterocycles. The number of Topliss-reactive ketones (excluding diaryl/α,β-unsaturated/α-hetero) is 1. The second-order valence-corrected chi connectivity index (χ2v) is 5.59. The Morgan fingerprint density at radius 2 is 2.11 bits per heavy atom. The molecule has 1 aliphatic heterocycles. The van der Waals surface area contributed by atoms with E-state index in [0.717, 1.165) is 11.3 Å². The summed E-state index contributed by atoms with van der Waals surface area (Å²) < 4.78 is 5.34. The largest absolute Gasteiger partial charge is 0.496 e. The first-order chi connectivity index (χ1) is 8.85. The minimum Gasteiger partial charge on any atom is -0.496 e. The predicted molar refractivity (Wildman–Crippen MR) is 72.0 cm³/mol. The Morgan fingerprint density at radius 1 is 1.42 bits per heavy atom. The van der Waals surface area contributed by atoms with Crippen LogP contribution < -0.4 is 5.32 Å². The van der Waals surface area contributed by atoms with Crippen molar-refractivity contribution in [3.8, 4) is 0 Å². The SMILES string of the molecule is COC1=CC2=C(CC=C1C(C)=O)NC(=O)CC2(C)C. The van der Waals surface area contributed by atoms with Crippen LogP contribution in [0.1, 0.15) is 33.6 Å². The van der Waals surface area contributed by atoms with Gasteiger partial charge in [-0.2, -0.15) is 0 Å². The average molecular weight is 261 g/mol. The summed E-state index contributed by atoms with van der Waals surface area (Å²) in [6.45, 7) is 5.58. The van der Waals surface area contributed by atoms with Gasteiger partial charge in [-0.1, -0.05) is 19.9 Å². The smallest absolute Gasteiger partial charge is 0.225 e. The van der Waals surface area contributed by atoms with Crippen molar-refractivity contribution < 1.29 is 14.3 Å². The minimum absolute atomic E-state index is 0.0239. The summed E-state index contributed by atoms with van der Waals surface area (Å²) >= 11 is 0. The van der Waals surface area contributed by atoms with E-state index in [4.69, 9.17) is 4.74 Å². The average Bonchev–Trinajstić information content (AvgIpc) is 2.47. The molecule has 1 N–H and O–H groups in total. The molecule has 2 aliphatic rings. The number of hydrogen-bond donors (Lipinski definition) is 1. The molecular formula is C15H19NO3. The molecule has 2 rings (SSSR count). The lowest BCUT2D eigenvalue weighted by Crippen LogP contribution is -2.36. The molecule has 4 heteroatoms.